The molecule has 0 aromatic heterocycles. The van der Waals surface area contributed by atoms with Gasteiger partial charge < -0.3 is 16.0 Å². The molecule has 3 amide bonds. The third-order valence-electron chi connectivity index (χ3n) is 3.49. The van der Waals surface area contributed by atoms with Crippen LogP contribution in [0.25, 0.3) is 0 Å². The maximum Gasteiger partial charge on any atom is 0.319 e. The normalized spacial score (nSPS) is 10.0. The highest BCUT2D eigenvalue weighted by Crippen LogP contribution is 2.12. The summed E-state index contributed by atoms with van der Waals surface area (Å²) in [5, 5.41) is 7.93. The van der Waals surface area contributed by atoms with Crippen molar-refractivity contribution in [1.82, 2.24) is 10.6 Å². The number of Topliss-reactive ketones (excluding diaryl/α,β-unsaturated/α-hetero) is 1. The van der Waals surface area contributed by atoms with E-state index in [1.165, 1.54) is 7.05 Å². The van der Waals surface area contributed by atoms with Gasteiger partial charge in [0, 0.05) is 25.7 Å². The molecule has 0 radical (unpaired) electrons. The standard InChI is InChI=1S/C17H25N3O3/c1-13-9-6-7-10-14(13)20-17(23)19-12-8-4-3-5-11-15(21)16(22)18-2/h6-7,9-10H,3-5,8,11-12H2,1-2H3,(H,18,22)(H2,19,20,23). The summed E-state index contributed by atoms with van der Waals surface area (Å²) >= 11 is 0. The van der Waals surface area contributed by atoms with Crippen molar-refractivity contribution < 1.29 is 14.4 Å². The fourth-order valence-electron chi connectivity index (χ4n) is 2.10. The lowest BCUT2D eigenvalue weighted by atomic mass is 10.1. The average molecular weight is 319 g/mol. The number of rotatable bonds is 9. The van der Waals surface area contributed by atoms with E-state index in [9.17, 15) is 14.4 Å². The Kier molecular flexibility index (Phi) is 8.42. The van der Waals surface area contributed by atoms with Gasteiger partial charge in [-0.1, -0.05) is 31.0 Å². The van der Waals surface area contributed by atoms with E-state index in [1.54, 1.807) is 0 Å². The molecule has 6 nitrogen and oxygen atoms in total. The minimum Gasteiger partial charge on any atom is -0.353 e. The number of amides is 3. The second-order valence-corrected chi connectivity index (χ2v) is 5.36. The molecule has 1 aromatic carbocycles. The SMILES string of the molecule is CNC(=O)C(=O)CCCCCCNC(=O)Nc1ccccc1C. The number of para-hydroxylation sites is 1. The molecule has 126 valence electrons. The monoisotopic (exact) mass is 319 g/mol. The summed E-state index contributed by atoms with van der Waals surface area (Å²) in [6.07, 6.45) is 3.59. The zero-order chi connectivity index (χ0) is 17.1. The number of hydrogen-bond donors (Lipinski definition) is 3. The van der Waals surface area contributed by atoms with E-state index in [0.29, 0.717) is 13.0 Å². The molecule has 0 saturated heterocycles. The molecule has 0 fully saturated rings. The number of ketones is 1. The summed E-state index contributed by atoms with van der Waals surface area (Å²) < 4.78 is 0. The van der Waals surface area contributed by atoms with Gasteiger partial charge in [-0.2, -0.15) is 0 Å². The first-order valence-corrected chi connectivity index (χ1v) is 7.90. The van der Waals surface area contributed by atoms with Crippen molar-refractivity contribution in [2.75, 3.05) is 18.9 Å². The van der Waals surface area contributed by atoms with Crippen LogP contribution in [0.4, 0.5) is 10.5 Å². The minimum atomic E-state index is -0.528. The van der Waals surface area contributed by atoms with Gasteiger partial charge in [-0.25, -0.2) is 4.79 Å². The first-order chi connectivity index (χ1) is 11.0. The number of carbonyl (C=O) groups is 3. The molecular formula is C17H25N3O3. The molecule has 1 rings (SSSR count). The summed E-state index contributed by atoms with van der Waals surface area (Å²) in [5.74, 6) is -0.900. The van der Waals surface area contributed by atoms with E-state index in [0.717, 1.165) is 30.5 Å². The van der Waals surface area contributed by atoms with Gasteiger partial charge in [0.1, 0.15) is 0 Å². The van der Waals surface area contributed by atoms with Crippen LogP contribution in [-0.2, 0) is 9.59 Å². The van der Waals surface area contributed by atoms with Crippen molar-refractivity contribution in [1.29, 1.82) is 0 Å². The van der Waals surface area contributed by atoms with Crippen molar-refractivity contribution in [3.63, 3.8) is 0 Å². The second-order valence-electron chi connectivity index (χ2n) is 5.36. The van der Waals surface area contributed by atoms with Crippen LogP contribution in [0.3, 0.4) is 0 Å². The van der Waals surface area contributed by atoms with Crippen LogP contribution >= 0.6 is 0 Å². The first-order valence-electron chi connectivity index (χ1n) is 7.90. The minimum absolute atomic E-state index is 0.214. The van der Waals surface area contributed by atoms with E-state index < -0.39 is 5.91 Å². The van der Waals surface area contributed by atoms with Gasteiger partial charge in [0.25, 0.3) is 5.91 Å². The molecule has 0 aliphatic rings. The van der Waals surface area contributed by atoms with Crippen LogP contribution in [0, 0.1) is 6.92 Å². The third-order valence-corrected chi connectivity index (χ3v) is 3.49. The number of nitrogens with one attached hydrogen (secondary N) is 3. The smallest absolute Gasteiger partial charge is 0.319 e. The molecule has 0 bridgehead atoms. The fourth-order valence-corrected chi connectivity index (χ4v) is 2.10. The highest BCUT2D eigenvalue weighted by molar-refractivity contribution is 6.36. The predicted molar refractivity (Wildman–Crippen MR) is 90.4 cm³/mol. The number of carbonyl (C=O) groups excluding carboxylic acids is 3. The van der Waals surface area contributed by atoms with Crippen LogP contribution in [0.1, 0.15) is 37.7 Å². The average Bonchev–Trinajstić information content (AvgIpc) is 2.55. The Morgan fingerprint density at radius 1 is 1.00 bits per heavy atom. The molecule has 0 unspecified atom stereocenters. The first kappa shape index (κ1) is 18.7. The number of urea groups is 1. The highest BCUT2D eigenvalue weighted by atomic mass is 16.2. The molecule has 0 saturated carbocycles. The number of unbranched alkanes of at least 4 members (excludes halogenated alkanes) is 3. The highest BCUT2D eigenvalue weighted by Gasteiger charge is 2.10. The summed E-state index contributed by atoms with van der Waals surface area (Å²) in [7, 11) is 1.45. The Balaban J connectivity index is 2.07. The molecular weight excluding hydrogens is 294 g/mol. The number of aryl methyl sites for hydroxylation is 1. The molecule has 0 spiro atoms. The predicted octanol–water partition coefficient (Wildman–Crippen LogP) is 2.38. The zero-order valence-corrected chi connectivity index (χ0v) is 13.8. The van der Waals surface area contributed by atoms with Gasteiger partial charge in [-0.15, -0.1) is 0 Å². The van der Waals surface area contributed by atoms with E-state index in [4.69, 9.17) is 0 Å². The molecule has 1 aromatic rings. The van der Waals surface area contributed by atoms with E-state index in [-0.39, 0.29) is 18.2 Å². The van der Waals surface area contributed by atoms with Gasteiger partial charge in [-0.05, 0) is 31.4 Å². The number of benzene rings is 1. The molecule has 0 atom stereocenters. The van der Waals surface area contributed by atoms with E-state index >= 15 is 0 Å². The molecule has 3 N–H and O–H groups in total. The lowest BCUT2D eigenvalue weighted by Gasteiger charge is -2.09. The summed E-state index contributed by atoms with van der Waals surface area (Å²) in [4.78, 5) is 34.0. The Morgan fingerprint density at radius 2 is 1.70 bits per heavy atom. The van der Waals surface area contributed by atoms with Gasteiger partial charge in [0.2, 0.25) is 5.78 Å². The third kappa shape index (κ3) is 7.44. The quantitative estimate of drug-likeness (QED) is 0.482. The van der Waals surface area contributed by atoms with Crippen molar-refractivity contribution in [2.45, 2.75) is 39.0 Å². The topological polar surface area (TPSA) is 87.3 Å². The van der Waals surface area contributed by atoms with Crippen molar-refractivity contribution in [3.8, 4) is 0 Å². The number of likely N-dealkylation sites (N-methyl/N-ethyl adjacent to an activating group) is 1. The van der Waals surface area contributed by atoms with Gasteiger partial charge in [-0.3, -0.25) is 9.59 Å². The van der Waals surface area contributed by atoms with Crippen LogP contribution in [0.2, 0.25) is 0 Å². The summed E-state index contributed by atoms with van der Waals surface area (Å²) in [5.41, 5.74) is 1.82. The molecule has 6 heteroatoms. The van der Waals surface area contributed by atoms with Crippen LogP contribution in [0.15, 0.2) is 24.3 Å². The van der Waals surface area contributed by atoms with Gasteiger partial charge in [0.05, 0.1) is 0 Å². The maximum atomic E-state index is 11.7. The molecule has 0 aliphatic carbocycles. The van der Waals surface area contributed by atoms with Crippen LogP contribution in [-0.4, -0.2) is 31.3 Å². The molecule has 0 heterocycles. The van der Waals surface area contributed by atoms with Crippen LogP contribution in [0.5, 0.6) is 0 Å². The maximum absolute atomic E-state index is 11.7. The Bertz CT molecular complexity index is 544. The van der Waals surface area contributed by atoms with Crippen LogP contribution < -0.4 is 16.0 Å². The second kappa shape index (κ2) is 10.4. The number of hydrogen-bond acceptors (Lipinski definition) is 3. The summed E-state index contributed by atoms with van der Waals surface area (Å²) in [6, 6.07) is 7.39. The summed E-state index contributed by atoms with van der Waals surface area (Å²) in [6.45, 7) is 2.52. The Hall–Kier alpha value is -2.37. The van der Waals surface area contributed by atoms with E-state index in [2.05, 4.69) is 16.0 Å². The lowest BCUT2D eigenvalue weighted by Crippen LogP contribution is -2.29. The Morgan fingerprint density at radius 3 is 2.39 bits per heavy atom. The van der Waals surface area contributed by atoms with Crippen molar-refractivity contribution in [3.05, 3.63) is 29.8 Å². The largest absolute Gasteiger partial charge is 0.353 e. The number of anilines is 1. The fraction of sp³-hybridized carbons (Fsp3) is 0.471. The molecule has 23 heavy (non-hydrogen) atoms. The Labute approximate surface area is 137 Å². The lowest BCUT2D eigenvalue weighted by molar-refractivity contribution is -0.137. The van der Waals surface area contributed by atoms with Gasteiger partial charge >= 0.3 is 6.03 Å². The van der Waals surface area contributed by atoms with Crippen molar-refractivity contribution in [2.24, 2.45) is 0 Å². The molecule has 0 aliphatic heterocycles. The zero-order valence-electron chi connectivity index (χ0n) is 13.8. The van der Waals surface area contributed by atoms with E-state index in [1.807, 2.05) is 31.2 Å². The van der Waals surface area contributed by atoms with Gasteiger partial charge in [0.15, 0.2) is 0 Å². The van der Waals surface area contributed by atoms with Crippen molar-refractivity contribution >= 4 is 23.4 Å².